The third kappa shape index (κ3) is 4.34. The maximum absolute atomic E-state index is 11.9. The van der Waals surface area contributed by atoms with E-state index in [0.717, 1.165) is 51.1 Å². The summed E-state index contributed by atoms with van der Waals surface area (Å²) in [6.45, 7) is 11.7. The van der Waals surface area contributed by atoms with Gasteiger partial charge in [0, 0.05) is 30.7 Å². The first-order valence-electron chi connectivity index (χ1n) is 10.1. The van der Waals surface area contributed by atoms with Gasteiger partial charge in [-0.05, 0) is 71.2 Å². The summed E-state index contributed by atoms with van der Waals surface area (Å²) in [6, 6.07) is 0.658. The zero-order valence-electron chi connectivity index (χ0n) is 16.7. The summed E-state index contributed by atoms with van der Waals surface area (Å²) in [5.41, 5.74) is 7.08. The topological polar surface area (TPSA) is 83.5 Å². The quantitative estimate of drug-likeness (QED) is 0.605. The van der Waals surface area contributed by atoms with Crippen molar-refractivity contribution in [1.82, 2.24) is 9.80 Å². The van der Waals surface area contributed by atoms with E-state index in [1.54, 1.807) is 0 Å². The number of nitrogens with zero attached hydrogens (tertiary/aromatic N) is 4. The van der Waals surface area contributed by atoms with Crippen molar-refractivity contribution in [2.45, 2.75) is 52.0 Å². The number of rotatable bonds is 4. The van der Waals surface area contributed by atoms with Crippen LogP contribution >= 0.6 is 0 Å². The molecule has 1 spiro atoms. The zero-order chi connectivity index (χ0) is 19.4. The van der Waals surface area contributed by atoms with Crippen LogP contribution in [0.3, 0.4) is 0 Å². The van der Waals surface area contributed by atoms with Crippen molar-refractivity contribution in [2.75, 3.05) is 32.8 Å². The SMILES string of the molecule is C=N/C(N)=N\C(=C/C)C1CCN(C2CC3(CCN(C(=O)OCC)C3)C2)CC1. The number of guanidine groups is 1. The zero-order valence-corrected chi connectivity index (χ0v) is 16.7. The summed E-state index contributed by atoms with van der Waals surface area (Å²) in [4.78, 5) is 24.6. The molecule has 2 aliphatic heterocycles. The Bertz CT molecular complexity index is 616. The summed E-state index contributed by atoms with van der Waals surface area (Å²) in [7, 11) is 0. The predicted octanol–water partition coefficient (Wildman–Crippen LogP) is 2.63. The summed E-state index contributed by atoms with van der Waals surface area (Å²) >= 11 is 0. The van der Waals surface area contributed by atoms with E-state index in [1.807, 2.05) is 24.8 Å². The van der Waals surface area contributed by atoms with Crippen molar-refractivity contribution in [1.29, 1.82) is 0 Å². The van der Waals surface area contributed by atoms with Gasteiger partial charge in [-0.2, -0.15) is 0 Å². The smallest absolute Gasteiger partial charge is 0.409 e. The lowest BCUT2D eigenvalue weighted by atomic mass is 9.64. The van der Waals surface area contributed by atoms with Gasteiger partial charge in [-0.25, -0.2) is 14.8 Å². The molecule has 0 atom stereocenters. The van der Waals surface area contributed by atoms with Gasteiger partial charge in [0.05, 0.1) is 6.61 Å². The van der Waals surface area contributed by atoms with Crippen LogP contribution in [0.25, 0.3) is 0 Å². The van der Waals surface area contributed by atoms with E-state index in [-0.39, 0.29) is 12.1 Å². The van der Waals surface area contributed by atoms with Gasteiger partial charge in [-0.15, -0.1) is 0 Å². The summed E-state index contributed by atoms with van der Waals surface area (Å²) in [5, 5.41) is 0. The first-order chi connectivity index (χ1) is 13.0. The third-order valence-corrected chi connectivity index (χ3v) is 6.47. The standard InChI is InChI=1S/C20H33N5O2/c1-4-17(23-18(21)22-3)15-6-9-24(10-7-15)16-12-20(13-16)8-11-25(14-20)19(26)27-5-2/h4,15-16H,3,5-14H2,1-2H3,(H2,21,23)/b17-4-. The molecule has 150 valence electrons. The molecule has 0 aromatic rings. The molecule has 0 bridgehead atoms. The lowest BCUT2D eigenvalue weighted by molar-refractivity contribution is -0.00709. The number of hydrogen-bond donors (Lipinski definition) is 1. The van der Waals surface area contributed by atoms with E-state index in [1.165, 1.54) is 12.8 Å². The van der Waals surface area contributed by atoms with E-state index in [0.29, 0.717) is 24.0 Å². The molecule has 7 heteroatoms. The maximum Gasteiger partial charge on any atom is 0.409 e. The van der Waals surface area contributed by atoms with Crippen LogP contribution in [0.4, 0.5) is 4.79 Å². The molecular formula is C20H33N5O2. The first kappa shape index (κ1) is 19.9. The lowest BCUT2D eigenvalue weighted by Crippen LogP contribution is -2.54. The fraction of sp³-hybridized carbons (Fsp3) is 0.750. The van der Waals surface area contributed by atoms with Crippen LogP contribution < -0.4 is 5.73 Å². The van der Waals surface area contributed by atoms with Crippen molar-refractivity contribution in [2.24, 2.45) is 27.1 Å². The van der Waals surface area contributed by atoms with Crippen molar-refractivity contribution in [3.8, 4) is 0 Å². The van der Waals surface area contributed by atoms with Crippen LogP contribution in [-0.4, -0.2) is 67.4 Å². The van der Waals surface area contributed by atoms with E-state index in [4.69, 9.17) is 10.5 Å². The first-order valence-corrected chi connectivity index (χ1v) is 10.1. The van der Waals surface area contributed by atoms with E-state index >= 15 is 0 Å². The van der Waals surface area contributed by atoms with Crippen LogP contribution in [0.15, 0.2) is 21.8 Å². The second-order valence-corrected chi connectivity index (χ2v) is 8.08. The minimum absolute atomic E-state index is 0.147. The molecule has 0 radical (unpaired) electrons. The number of piperidine rings is 1. The van der Waals surface area contributed by atoms with Gasteiger partial charge in [-0.1, -0.05) is 6.08 Å². The Balaban J connectivity index is 1.46. The van der Waals surface area contributed by atoms with Crippen LogP contribution in [-0.2, 0) is 4.74 Å². The molecule has 27 heavy (non-hydrogen) atoms. The molecule has 0 aromatic carbocycles. The fourth-order valence-electron chi connectivity index (χ4n) is 4.96. The molecule has 0 aromatic heterocycles. The Morgan fingerprint density at radius 1 is 1.33 bits per heavy atom. The number of carbonyl (C=O) groups is 1. The van der Waals surface area contributed by atoms with Gasteiger partial charge in [-0.3, -0.25) is 0 Å². The van der Waals surface area contributed by atoms with Crippen LogP contribution in [0.5, 0.6) is 0 Å². The average molecular weight is 376 g/mol. The molecule has 1 saturated carbocycles. The third-order valence-electron chi connectivity index (χ3n) is 6.47. The Morgan fingerprint density at radius 3 is 2.63 bits per heavy atom. The van der Waals surface area contributed by atoms with Crippen LogP contribution in [0.1, 0.15) is 46.0 Å². The number of allylic oxidation sites excluding steroid dienone is 2. The van der Waals surface area contributed by atoms with Gasteiger partial charge in [0.1, 0.15) is 0 Å². The molecule has 2 heterocycles. The number of ether oxygens (including phenoxy) is 1. The highest BCUT2D eigenvalue weighted by Crippen LogP contribution is 2.50. The van der Waals surface area contributed by atoms with E-state index < -0.39 is 0 Å². The van der Waals surface area contributed by atoms with Gasteiger partial charge < -0.3 is 20.3 Å². The number of aliphatic imine (C=N–C) groups is 2. The lowest BCUT2D eigenvalue weighted by Gasteiger charge is -2.51. The molecule has 1 amide bonds. The Morgan fingerprint density at radius 2 is 2.04 bits per heavy atom. The molecular weight excluding hydrogens is 342 g/mol. The molecule has 2 N–H and O–H groups in total. The minimum Gasteiger partial charge on any atom is -0.450 e. The Kier molecular flexibility index (Phi) is 6.19. The maximum atomic E-state index is 11.9. The summed E-state index contributed by atoms with van der Waals surface area (Å²) in [5.74, 6) is 0.699. The minimum atomic E-state index is -0.147. The van der Waals surface area contributed by atoms with E-state index in [2.05, 4.69) is 21.6 Å². The number of hydrogen-bond acceptors (Lipinski definition) is 4. The molecule has 7 nitrogen and oxygen atoms in total. The fourth-order valence-corrected chi connectivity index (χ4v) is 4.96. The monoisotopic (exact) mass is 375 g/mol. The number of amides is 1. The summed E-state index contributed by atoms with van der Waals surface area (Å²) in [6.07, 6.45) is 7.62. The molecule has 1 aliphatic carbocycles. The number of carbonyl (C=O) groups excluding carboxylic acids is 1. The van der Waals surface area contributed by atoms with Gasteiger partial charge in [0.2, 0.25) is 5.96 Å². The highest BCUT2D eigenvalue weighted by Gasteiger charge is 2.51. The predicted molar refractivity (Wildman–Crippen MR) is 108 cm³/mol. The molecule has 3 rings (SSSR count). The van der Waals surface area contributed by atoms with Gasteiger partial charge in [0.25, 0.3) is 0 Å². The molecule has 2 saturated heterocycles. The normalized spacial score (nSPS) is 30.4. The second kappa shape index (κ2) is 8.42. The largest absolute Gasteiger partial charge is 0.450 e. The number of likely N-dealkylation sites (tertiary alicyclic amines) is 2. The van der Waals surface area contributed by atoms with Crippen molar-refractivity contribution in [3.63, 3.8) is 0 Å². The summed E-state index contributed by atoms with van der Waals surface area (Å²) < 4.78 is 5.15. The number of nitrogens with two attached hydrogens (primary N) is 1. The van der Waals surface area contributed by atoms with Crippen LogP contribution in [0.2, 0.25) is 0 Å². The Labute approximate surface area is 162 Å². The average Bonchev–Trinajstić information content (AvgIpc) is 3.11. The highest BCUT2D eigenvalue weighted by molar-refractivity contribution is 5.83. The molecule has 3 fully saturated rings. The Hall–Kier alpha value is -1.89. The molecule has 0 unspecified atom stereocenters. The van der Waals surface area contributed by atoms with Crippen molar-refractivity contribution < 1.29 is 9.53 Å². The van der Waals surface area contributed by atoms with Gasteiger partial charge >= 0.3 is 6.09 Å². The van der Waals surface area contributed by atoms with Gasteiger partial charge in [0.15, 0.2) is 0 Å². The van der Waals surface area contributed by atoms with Crippen molar-refractivity contribution in [3.05, 3.63) is 11.8 Å². The van der Waals surface area contributed by atoms with Crippen LogP contribution in [0, 0.1) is 11.3 Å². The van der Waals surface area contributed by atoms with Crippen molar-refractivity contribution >= 4 is 18.8 Å². The second-order valence-electron chi connectivity index (χ2n) is 8.08. The highest BCUT2D eigenvalue weighted by atomic mass is 16.6. The van der Waals surface area contributed by atoms with E-state index in [9.17, 15) is 4.79 Å². The molecule has 3 aliphatic rings.